The van der Waals surface area contributed by atoms with Gasteiger partial charge < -0.3 is 9.64 Å². The fraction of sp³-hybridized carbons (Fsp3) is 0.500. The maximum Gasteiger partial charge on any atom is 0.297 e. The Morgan fingerprint density at radius 3 is 2.56 bits per heavy atom. The number of rotatable bonds is 3. The first-order valence-corrected chi connectivity index (χ1v) is 6.28. The van der Waals surface area contributed by atoms with Crippen molar-refractivity contribution in [2.75, 3.05) is 25.1 Å². The van der Waals surface area contributed by atoms with E-state index < -0.39 is 4.92 Å². The fourth-order valence-corrected chi connectivity index (χ4v) is 2.57. The summed E-state index contributed by atoms with van der Waals surface area (Å²) >= 11 is 6.16. The van der Waals surface area contributed by atoms with Crippen LogP contribution in [0.1, 0.15) is 19.3 Å². The van der Waals surface area contributed by atoms with Gasteiger partial charge in [0.2, 0.25) is 0 Å². The highest BCUT2D eigenvalue weighted by molar-refractivity contribution is 6.34. The Hall–Kier alpha value is -1.49. The molecule has 0 unspecified atom stereocenters. The molecule has 98 valence electrons. The van der Waals surface area contributed by atoms with E-state index in [-0.39, 0.29) is 5.69 Å². The maximum absolute atomic E-state index is 11.1. The first kappa shape index (κ1) is 13.0. The molecule has 0 spiro atoms. The number of benzene rings is 1. The Morgan fingerprint density at radius 2 is 2.00 bits per heavy atom. The van der Waals surface area contributed by atoms with Gasteiger partial charge in [-0.05, 0) is 19.3 Å². The van der Waals surface area contributed by atoms with Crippen LogP contribution in [0.15, 0.2) is 12.1 Å². The van der Waals surface area contributed by atoms with Crippen LogP contribution in [0.4, 0.5) is 11.4 Å². The Labute approximate surface area is 110 Å². The molecule has 2 rings (SSSR count). The molecule has 1 saturated heterocycles. The van der Waals surface area contributed by atoms with Crippen molar-refractivity contribution in [1.29, 1.82) is 0 Å². The lowest BCUT2D eigenvalue weighted by atomic mass is 10.1. The number of ether oxygens (including phenoxy) is 1. The van der Waals surface area contributed by atoms with Crippen LogP contribution >= 0.6 is 11.6 Å². The molecule has 0 bridgehead atoms. The minimum atomic E-state index is -0.404. The zero-order valence-corrected chi connectivity index (χ0v) is 10.9. The third kappa shape index (κ3) is 2.51. The van der Waals surface area contributed by atoms with Gasteiger partial charge in [-0.2, -0.15) is 0 Å². The number of hydrogen-bond acceptors (Lipinski definition) is 4. The molecule has 1 aliphatic rings. The van der Waals surface area contributed by atoms with Gasteiger partial charge in [-0.25, -0.2) is 0 Å². The van der Waals surface area contributed by atoms with Crippen molar-refractivity contribution in [2.24, 2.45) is 0 Å². The predicted octanol–water partition coefficient (Wildman–Crippen LogP) is 3.25. The summed E-state index contributed by atoms with van der Waals surface area (Å²) in [6, 6.07) is 3.05. The smallest absolute Gasteiger partial charge is 0.297 e. The summed E-state index contributed by atoms with van der Waals surface area (Å²) in [6.07, 6.45) is 3.25. The minimum absolute atomic E-state index is 0.0150. The average Bonchev–Trinajstić information content (AvgIpc) is 2.38. The summed E-state index contributed by atoms with van der Waals surface area (Å²) in [5.41, 5.74) is 0.531. The Morgan fingerprint density at radius 1 is 1.33 bits per heavy atom. The largest absolute Gasteiger partial charge is 0.496 e. The van der Waals surface area contributed by atoms with Gasteiger partial charge in [0.25, 0.3) is 5.69 Å². The van der Waals surface area contributed by atoms with Crippen molar-refractivity contribution in [3.8, 4) is 5.75 Å². The lowest BCUT2D eigenvalue weighted by Gasteiger charge is -2.29. The highest BCUT2D eigenvalue weighted by Gasteiger charge is 2.25. The van der Waals surface area contributed by atoms with E-state index in [9.17, 15) is 10.1 Å². The zero-order valence-electron chi connectivity index (χ0n) is 10.2. The number of nitro groups is 1. The van der Waals surface area contributed by atoms with Gasteiger partial charge in [-0.3, -0.25) is 10.1 Å². The molecule has 0 saturated carbocycles. The number of hydrogen-bond donors (Lipinski definition) is 0. The summed E-state index contributed by atoms with van der Waals surface area (Å²) in [4.78, 5) is 12.7. The van der Waals surface area contributed by atoms with Crippen LogP contribution in [-0.2, 0) is 0 Å². The van der Waals surface area contributed by atoms with Crippen molar-refractivity contribution in [2.45, 2.75) is 19.3 Å². The standard InChI is InChI=1S/C12H15ClN2O3/c1-18-9-7-10(13)12(11(8-9)15(16)17)14-5-3-2-4-6-14/h7-8H,2-6H2,1H3. The highest BCUT2D eigenvalue weighted by Crippen LogP contribution is 2.40. The maximum atomic E-state index is 11.1. The zero-order chi connectivity index (χ0) is 13.1. The van der Waals surface area contributed by atoms with E-state index in [0.29, 0.717) is 16.5 Å². The molecule has 0 amide bonds. The summed E-state index contributed by atoms with van der Waals surface area (Å²) < 4.78 is 5.02. The molecule has 1 aromatic carbocycles. The van der Waals surface area contributed by atoms with E-state index >= 15 is 0 Å². The van der Waals surface area contributed by atoms with E-state index in [1.165, 1.54) is 13.2 Å². The summed E-state index contributed by atoms with van der Waals surface area (Å²) in [5.74, 6) is 0.410. The molecule has 18 heavy (non-hydrogen) atoms. The topological polar surface area (TPSA) is 55.6 Å². The molecular weight excluding hydrogens is 256 g/mol. The summed E-state index contributed by atoms with van der Waals surface area (Å²) in [7, 11) is 1.47. The van der Waals surface area contributed by atoms with Gasteiger partial charge in [-0.1, -0.05) is 11.6 Å². The molecule has 0 atom stereocenters. The quantitative estimate of drug-likeness (QED) is 0.625. The lowest BCUT2D eigenvalue weighted by Crippen LogP contribution is -2.30. The second-order valence-corrected chi connectivity index (χ2v) is 4.69. The van der Waals surface area contributed by atoms with Crippen molar-refractivity contribution in [3.63, 3.8) is 0 Å². The monoisotopic (exact) mass is 270 g/mol. The van der Waals surface area contributed by atoms with Crippen molar-refractivity contribution >= 4 is 23.0 Å². The van der Waals surface area contributed by atoms with Gasteiger partial charge in [0.15, 0.2) is 0 Å². The van der Waals surface area contributed by atoms with E-state index in [1.54, 1.807) is 6.07 Å². The van der Waals surface area contributed by atoms with Crippen LogP contribution in [0.5, 0.6) is 5.75 Å². The first-order valence-electron chi connectivity index (χ1n) is 5.90. The molecular formula is C12H15ClN2O3. The molecule has 0 radical (unpaired) electrons. The normalized spacial score (nSPS) is 15.6. The van der Waals surface area contributed by atoms with Gasteiger partial charge in [0, 0.05) is 19.2 Å². The molecule has 1 fully saturated rings. The van der Waals surface area contributed by atoms with Gasteiger partial charge >= 0.3 is 0 Å². The molecule has 0 aromatic heterocycles. The summed E-state index contributed by atoms with van der Waals surface area (Å²) in [5, 5.41) is 11.5. The second kappa shape index (κ2) is 5.44. The van der Waals surface area contributed by atoms with E-state index in [4.69, 9.17) is 16.3 Å². The second-order valence-electron chi connectivity index (χ2n) is 4.28. The molecule has 0 N–H and O–H groups in total. The number of methoxy groups -OCH3 is 1. The SMILES string of the molecule is COc1cc(Cl)c(N2CCCCC2)c([N+](=O)[O-])c1. The van der Waals surface area contributed by atoms with Crippen LogP contribution < -0.4 is 9.64 Å². The lowest BCUT2D eigenvalue weighted by molar-refractivity contribution is -0.384. The van der Waals surface area contributed by atoms with E-state index in [1.807, 2.05) is 4.90 Å². The first-order chi connectivity index (χ1) is 8.63. The van der Waals surface area contributed by atoms with Gasteiger partial charge in [-0.15, -0.1) is 0 Å². The average molecular weight is 271 g/mol. The molecule has 6 heteroatoms. The summed E-state index contributed by atoms with van der Waals surface area (Å²) in [6.45, 7) is 1.62. The van der Waals surface area contributed by atoms with Crippen molar-refractivity contribution < 1.29 is 9.66 Å². The number of nitrogens with zero attached hydrogens (tertiary/aromatic N) is 2. The van der Waals surface area contributed by atoms with E-state index in [0.717, 1.165) is 32.4 Å². The highest BCUT2D eigenvalue weighted by atomic mass is 35.5. The third-order valence-corrected chi connectivity index (χ3v) is 3.41. The number of halogens is 1. The van der Waals surface area contributed by atoms with Crippen LogP contribution in [-0.4, -0.2) is 25.1 Å². The molecule has 0 aliphatic carbocycles. The van der Waals surface area contributed by atoms with Crippen molar-refractivity contribution in [3.05, 3.63) is 27.3 Å². The van der Waals surface area contributed by atoms with Crippen LogP contribution in [0.25, 0.3) is 0 Å². The number of anilines is 1. The molecule has 5 nitrogen and oxygen atoms in total. The predicted molar refractivity (Wildman–Crippen MR) is 70.7 cm³/mol. The van der Waals surface area contributed by atoms with E-state index in [2.05, 4.69) is 0 Å². The Balaban J connectivity index is 2.46. The number of piperidine rings is 1. The molecule has 1 aliphatic heterocycles. The minimum Gasteiger partial charge on any atom is -0.496 e. The van der Waals surface area contributed by atoms with Crippen molar-refractivity contribution in [1.82, 2.24) is 0 Å². The Kier molecular flexibility index (Phi) is 3.91. The Bertz CT molecular complexity index is 459. The number of nitro benzene ring substituents is 1. The van der Waals surface area contributed by atoms with Crippen LogP contribution in [0, 0.1) is 10.1 Å². The van der Waals surface area contributed by atoms with Crippen LogP contribution in [0.3, 0.4) is 0 Å². The van der Waals surface area contributed by atoms with Gasteiger partial charge in [0.05, 0.1) is 23.1 Å². The van der Waals surface area contributed by atoms with Gasteiger partial charge in [0.1, 0.15) is 11.4 Å². The van der Waals surface area contributed by atoms with Crippen LogP contribution in [0.2, 0.25) is 5.02 Å². The molecule has 1 aromatic rings. The fourth-order valence-electron chi connectivity index (χ4n) is 2.25. The third-order valence-electron chi connectivity index (χ3n) is 3.12. The molecule has 1 heterocycles.